The van der Waals surface area contributed by atoms with Crippen molar-refractivity contribution < 1.29 is 29.1 Å². The fourth-order valence-corrected chi connectivity index (χ4v) is 3.53. The summed E-state index contributed by atoms with van der Waals surface area (Å²) in [6.07, 6.45) is 0.357. The van der Waals surface area contributed by atoms with Crippen molar-refractivity contribution in [1.29, 1.82) is 5.53 Å². The Labute approximate surface area is 234 Å². The minimum atomic E-state index is -1.26. The molecular weight excluding hydrogens is 536 g/mol. The highest BCUT2D eigenvalue weighted by Crippen LogP contribution is 2.23. The van der Waals surface area contributed by atoms with Crippen molar-refractivity contribution in [3.8, 4) is 11.1 Å². The number of hydrazone groups is 1. The molecule has 2 aromatic rings. The number of carboxylic acids is 1. The van der Waals surface area contributed by atoms with E-state index in [9.17, 15) is 24.0 Å². The number of amidine groups is 1. The number of primary amides is 1. The number of carboxylic acid groups (broad SMARTS) is 1. The maximum Gasteiger partial charge on any atom is 0.332 e. The number of amides is 5. The summed E-state index contributed by atoms with van der Waals surface area (Å²) in [5, 5.41) is 26.1. The van der Waals surface area contributed by atoms with Crippen LogP contribution in [0.3, 0.4) is 0 Å². The molecule has 2 unspecified atom stereocenters. The van der Waals surface area contributed by atoms with Gasteiger partial charge in [-0.25, -0.2) is 10.2 Å². The minimum Gasteiger partial charge on any atom is -0.481 e. The summed E-state index contributed by atoms with van der Waals surface area (Å²) >= 11 is 0. The van der Waals surface area contributed by atoms with Crippen molar-refractivity contribution in [1.82, 2.24) is 21.4 Å². The molecule has 16 heteroatoms. The molecule has 0 aliphatic rings. The first-order valence-corrected chi connectivity index (χ1v) is 12.1. The SMILES string of the molecule is N=NN=C(N)CCC(NC(=O)c1ccccc1-c1ccccc1)C(=O)NCC(=O)NC(/C=N/NC(N)=O)CC(=O)O. The topological polar surface area (TPSA) is 267 Å². The number of benzene rings is 2. The summed E-state index contributed by atoms with van der Waals surface area (Å²) in [5.41, 5.74) is 21.0. The van der Waals surface area contributed by atoms with Crippen LogP contribution in [-0.2, 0) is 14.4 Å². The number of nitrogens with one attached hydrogen (secondary N) is 5. The highest BCUT2D eigenvalue weighted by molar-refractivity contribution is 6.03. The monoisotopic (exact) mass is 566 g/mol. The maximum atomic E-state index is 13.3. The number of aliphatic carboxylic acids is 1. The van der Waals surface area contributed by atoms with Crippen molar-refractivity contribution in [2.24, 2.45) is 26.9 Å². The third-order valence-corrected chi connectivity index (χ3v) is 5.34. The number of hydrogen-bond donors (Lipinski definition) is 8. The van der Waals surface area contributed by atoms with Crippen LogP contribution < -0.4 is 32.8 Å². The van der Waals surface area contributed by atoms with Crippen LogP contribution in [0, 0.1) is 5.53 Å². The van der Waals surface area contributed by atoms with Gasteiger partial charge in [0.25, 0.3) is 5.91 Å². The van der Waals surface area contributed by atoms with Crippen LogP contribution in [0.25, 0.3) is 11.1 Å². The van der Waals surface area contributed by atoms with Gasteiger partial charge < -0.3 is 32.5 Å². The van der Waals surface area contributed by atoms with Gasteiger partial charge in [0.1, 0.15) is 11.9 Å². The van der Waals surface area contributed by atoms with E-state index in [0.717, 1.165) is 11.8 Å². The number of carbonyl (C=O) groups excluding carboxylic acids is 4. The van der Waals surface area contributed by atoms with Gasteiger partial charge in [-0.3, -0.25) is 19.2 Å². The van der Waals surface area contributed by atoms with Crippen molar-refractivity contribution in [3.05, 3.63) is 60.2 Å². The third-order valence-electron chi connectivity index (χ3n) is 5.34. The first-order chi connectivity index (χ1) is 19.6. The molecule has 0 heterocycles. The highest BCUT2D eigenvalue weighted by Gasteiger charge is 2.24. The van der Waals surface area contributed by atoms with Gasteiger partial charge in [0.05, 0.1) is 19.0 Å². The van der Waals surface area contributed by atoms with E-state index in [1.807, 2.05) is 35.8 Å². The van der Waals surface area contributed by atoms with Gasteiger partial charge in [-0.05, 0) is 23.6 Å². The highest BCUT2D eigenvalue weighted by atomic mass is 16.4. The Morgan fingerprint density at radius 2 is 1.66 bits per heavy atom. The van der Waals surface area contributed by atoms with Crippen LogP contribution in [0.1, 0.15) is 29.6 Å². The second kappa shape index (κ2) is 16.3. The Morgan fingerprint density at radius 3 is 2.32 bits per heavy atom. The number of nitrogens with two attached hydrogens (primary N) is 2. The molecule has 2 aromatic carbocycles. The van der Waals surface area contributed by atoms with E-state index in [1.54, 1.807) is 24.3 Å². The van der Waals surface area contributed by atoms with Crippen LogP contribution in [0.4, 0.5) is 4.79 Å². The van der Waals surface area contributed by atoms with E-state index in [-0.39, 0.29) is 18.7 Å². The molecule has 0 radical (unpaired) electrons. The lowest BCUT2D eigenvalue weighted by molar-refractivity contribution is -0.137. The molecule has 0 aromatic heterocycles. The molecule has 16 nitrogen and oxygen atoms in total. The Morgan fingerprint density at radius 1 is 0.976 bits per heavy atom. The predicted molar refractivity (Wildman–Crippen MR) is 148 cm³/mol. The van der Waals surface area contributed by atoms with Crippen molar-refractivity contribution in [3.63, 3.8) is 0 Å². The zero-order valence-electron chi connectivity index (χ0n) is 21.7. The molecule has 0 saturated heterocycles. The van der Waals surface area contributed by atoms with E-state index in [4.69, 9.17) is 22.1 Å². The van der Waals surface area contributed by atoms with Gasteiger partial charge in [-0.1, -0.05) is 53.8 Å². The number of hydrogen-bond acceptors (Lipinski definition) is 8. The molecule has 0 aliphatic carbocycles. The van der Waals surface area contributed by atoms with Crippen molar-refractivity contribution in [2.75, 3.05) is 6.54 Å². The molecular formula is C25H30N10O6. The lowest BCUT2D eigenvalue weighted by Gasteiger charge is -2.20. The molecule has 0 saturated carbocycles. The quantitative estimate of drug-likeness (QED) is 0.0644. The minimum absolute atomic E-state index is 0.00269. The number of rotatable bonds is 15. The van der Waals surface area contributed by atoms with Crippen LogP contribution in [-0.4, -0.2) is 65.5 Å². The fourth-order valence-electron chi connectivity index (χ4n) is 3.53. The Kier molecular flexibility index (Phi) is 12.6. The normalized spacial score (nSPS) is 12.5. The summed E-state index contributed by atoms with van der Waals surface area (Å²) in [6.45, 7) is -0.579. The predicted octanol–water partition coefficient (Wildman–Crippen LogP) is 0.265. The van der Waals surface area contributed by atoms with Crippen LogP contribution in [0.5, 0.6) is 0 Å². The second-order valence-corrected chi connectivity index (χ2v) is 8.41. The Hall–Kier alpha value is -5.67. The molecule has 0 fully saturated rings. The molecule has 0 bridgehead atoms. The third kappa shape index (κ3) is 11.3. The average molecular weight is 567 g/mol. The standard InChI is InChI=1S/C25H30N10O6/c26-20(33-35-28)11-10-19(32-23(39)18-9-5-4-8-17(18)15-6-2-1-3-7-15)24(40)29-14-21(36)31-16(12-22(37)38)13-30-34-25(27)41/h1-9,13,16,19H,10-12,14H2,(H,29,40)(H,31,36)(H,32,39)(H,37,38)(H3,26,28,33)(H3,27,34,41)/b30-13+. The summed E-state index contributed by atoms with van der Waals surface area (Å²) in [6, 6.07) is 12.7. The van der Waals surface area contributed by atoms with Gasteiger partial charge in [0.15, 0.2) is 0 Å². The van der Waals surface area contributed by atoms with E-state index < -0.39 is 54.8 Å². The Balaban J connectivity index is 2.14. The van der Waals surface area contributed by atoms with Gasteiger partial charge >= 0.3 is 12.0 Å². The summed E-state index contributed by atoms with van der Waals surface area (Å²) in [4.78, 5) is 60.5. The van der Waals surface area contributed by atoms with Crippen molar-refractivity contribution >= 4 is 41.8 Å². The van der Waals surface area contributed by atoms with Gasteiger partial charge in [-0.15, -0.1) is 5.10 Å². The smallest absolute Gasteiger partial charge is 0.332 e. The average Bonchev–Trinajstić information content (AvgIpc) is 2.94. The molecule has 41 heavy (non-hydrogen) atoms. The fraction of sp³-hybridized carbons (Fsp3) is 0.240. The van der Waals surface area contributed by atoms with E-state index in [1.165, 1.54) is 0 Å². The summed E-state index contributed by atoms with van der Waals surface area (Å²) in [5.74, 6) is -3.38. The first kappa shape index (κ1) is 31.5. The van der Waals surface area contributed by atoms with Gasteiger partial charge in [0, 0.05) is 18.2 Å². The summed E-state index contributed by atoms with van der Waals surface area (Å²) < 4.78 is 0. The molecule has 0 spiro atoms. The van der Waals surface area contributed by atoms with Gasteiger partial charge in [0.2, 0.25) is 11.8 Å². The van der Waals surface area contributed by atoms with Gasteiger partial charge in [-0.2, -0.15) is 10.6 Å². The largest absolute Gasteiger partial charge is 0.481 e. The number of carbonyl (C=O) groups is 5. The van der Waals surface area contributed by atoms with E-state index >= 15 is 0 Å². The van der Waals surface area contributed by atoms with E-state index in [2.05, 4.69) is 31.4 Å². The second-order valence-electron chi connectivity index (χ2n) is 8.41. The number of urea groups is 1. The Bertz CT molecular complexity index is 1310. The molecule has 10 N–H and O–H groups in total. The lowest BCUT2D eigenvalue weighted by Crippen LogP contribution is -2.50. The molecule has 2 atom stereocenters. The zero-order valence-corrected chi connectivity index (χ0v) is 21.7. The lowest BCUT2D eigenvalue weighted by atomic mass is 9.98. The van der Waals surface area contributed by atoms with Crippen LogP contribution in [0.2, 0.25) is 0 Å². The van der Waals surface area contributed by atoms with Crippen LogP contribution in [0.15, 0.2) is 70.0 Å². The summed E-state index contributed by atoms with van der Waals surface area (Å²) in [7, 11) is 0. The molecule has 216 valence electrons. The van der Waals surface area contributed by atoms with Crippen molar-refractivity contribution in [2.45, 2.75) is 31.3 Å². The van der Waals surface area contributed by atoms with E-state index in [0.29, 0.717) is 11.1 Å². The number of nitrogens with zero attached hydrogens (tertiary/aromatic N) is 3. The molecule has 5 amide bonds. The zero-order chi connectivity index (χ0) is 30.2. The molecule has 2 rings (SSSR count). The molecule has 0 aliphatic heterocycles. The first-order valence-electron chi connectivity index (χ1n) is 12.1. The maximum absolute atomic E-state index is 13.3. The van der Waals surface area contributed by atoms with Crippen LogP contribution >= 0.6 is 0 Å².